The Morgan fingerprint density at radius 1 is 0.871 bits per heavy atom. The van der Waals surface area contributed by atoms with Crippen LogP contribution in [-0.4, -0.2) is 28.0 Å². The molecule has 2 aromatic carbocycles. The maximum atomic E-state index is 13.7. The van der Waals surface area contributed by atoms with Crippen molar-refractivity contribution in [2.45, 2.75) is 51.5 Å². The van der Waals surface area contributed by atoms with E-state index in [1.54, 1.807) is 0 Å². The molecule has 1 fully saturated rings. The van der Waals surface area contributed by atoms with E-state index in [4.69, 9.17) is 23.2 Å². The van der Waals surface area contributed by atoms with Gasteiger partial charge in [-0.1, -0.05) is 54.6 Å². The summed E-state index contributed by atoms with van der Waals surface area (Å²) in [6, 6.07) is 16.1. The lowest BCUT2D eigenvalue weighted by molar-refractivity contribution is 0.0613. The van der Waals surface area contributed by atoms with Gasteiger partial charge >= 0.3 is 0 Å². The van der Waals surface area contributed by atoms with Crippen LogP contribution in [0.5, 0.6) is 0 Å². The molecule has 0 atom stereocenters. The molecule has 1 saturated carbocycles. The molecule has 1 aliphatic carbocycles. The van der Waals surface area contributed by atoms with Gasteiger partial charge in [-0.25, -0.2) is 0 Å². The van der Waals surface area contributed by atoms with Crippen LogP contribution < -0.4 is 0 Å². The second-order valence-corrected chi connectivity index (χ2v) is 9.53. The molecule has 0 unspecified atom stereocenters. The monoisotopic (exact) mass is 452 g/mol. The Morgan fingerprint density at radius 2 is 1.48 bits per heavy atom. The quantitative estimate of drug-likeness (QED) is 0.416. The molecule has 1 aromatic heterocycles. The molecule has 5 heteroatoms. The van der Waals surface area contributed by atoms with E-state index in [0.29, 0.717) is 16.1 Å². The van der Waals surface area contributed by atoms with Crippen molar-refractivity contribution in [2.24, 2.45) is 0 Å². The minimum Gasteiger partial charge on any atom is -0.335 e. The molecule has 2 heterocycles. The average molecular weight is 453 g/mol. The Labute approximate surface area is 193 Å². The van der Waals surface area contributed by atoms with Crippen molar-refractivity contribution < 1.29 is 4.79 Å². The number of carbonyl (C=O) groups excluding carboxylic acids is 1. The summed E-state index contributed by atoms with van der Waals surface area (Å²) < 4.78 is 2.25. The zero-order chi connectivity index (χ0) is 21.5. The summed E-state index contributed by atoms with van der Waals surface area (Å²) >= 11 is 12.3. The summed E-state index contributed by atoms with van der Waals surface area (Å²) in [5, 5.41) is 1.41. The van der Waals surface area contributed by atoms with E-state index in [-0.39, 0.29) is 5.91 Å². The molecule has 1 amide bonds. The maximum absolute atomic E-state index is 13.7. The summed E-state index contributed by atoms with van der Waals surface area (Å²) in [6.07, 6.45) is 6.85. The zero-order valence-electron chi connectivity index (χ0n) is 17.7. The van der Waals surface area contributed by atoms with Crippen molar-refractivity contribution in [3.8, 4) is 16.9 Å². The molecule has 1 aliphatic heterocycles. The van der Waals surface area contributed by atoms with Gasteiger partial charge in [-0.3, -0.25) is 4.79 Å². The number of rotatable bonds is 3. The van der Waals surface area contributed by atoms with Crippen molar-refractivity contribution in [1.82, 2.24) is 9.47 Å². The number of hydrogen-bond acceptors (Lipinski definition) is 1. The molecule has 5 rings (SSSR count). The van der Waals surface area contributed by atoms with E-state index in [2.05, 4.69) is 16.4 Å². The van der Waals surface area contributed by atoms with Crippen LogP contribution in [0, 0.1) is 6.92 Å². The summed E-state index contributed by atoms with van der Waals surface area (Å²) in [5.74, 6) is 0.188. The minimum atomic E-state index is 0.188. The van der Waals surface area contributed by atoms with Crippen molar-refractivity contribution in [1.29, 1.82) is 0 Å². The first kappa shape index (κ1) is 20.7. The summed E-state index contributed by atoms with van der Waals surface area (Å²) in [4.78, 5) is 15.9. The van der Waals surface area contributed by atoms with Gasteiger partial charge in [-0.15, -0.1) is 0 Å². The molecule has 31 heavy (non-hydrogen) atoms. The molecule has 0 bridgehead atoms. The van der Waals surface area contributed by atoms with Crippen LogP contribution in [0.2, 0.25) is 10.0 Å². The molecule has 2 aliphatic rings. The fourth-order valence-corrected chi connectivity index (χ4v) is 5.56. The maximum Gasteiger partial charge on any atom is 0.256 e. The number of halogens is 2. The topological polar surface area (TPSA) is 25.2 Å². The Balaban J connectivity index is 1.67. The lowest BCUT2D eigenvalue weighted by Crippen LogP contribution is -2.45. The van der Waals surface area contributed by atoms with Crippen LogP contribution >= 0.6 is 23.2 Å². The van der Waals surface area contributed by atoms with E-state index >= 15 is 0 Å². The first-order valence-electron chi connectivity index (χ1n) is 11.1. The summed E-state index contributed by atoms with van der Waals surface area (Å²) in [6.45, 7) is 2.87. The van der Waals surface area contributed by atoms with Crippen molar-refractivity contribution in [3.63, 3.8) is 0 Å². The molecular weight excluding hydrogens is 427 g/mol. The highest BCUT2D eigenvalue weighted by Crippen LogP contribution is 2.39. The molecule has 0 spiro atoms. The van der Waals surface area contributed by atoms with Gasteiger partial charge < -0.3 is 9.47 Å². The van der Waals surface area contributed by atoms with Crippen LogP contribution in [0.1, 0.15) is 53.7 Å². The van der Waals surface area contributed by atoms with E-state index in [9.17, 15) is 4.79 Å². The molecular formula is C26H26Cl2N2O. The third-order valence-corrected chi connectivity index (χ3v) is 7.30. The van der Waals surface area contributed by atoms with Gasteiger partial charge in [0.25, 0.3) is 5.91 Å². The normalized spacial score (nSPS) is 17.1. The van der Waals surface area contributed by atoms with Gasteiger partial charge in [0.05, 0.1) is 11.3 Å². The van der Waals surface area contributed by atoms with Crippen LogP contribution in [0.25, 0.3) is 16.9 Å². The number of amides is 1. The molecule has 3 nitrogen and oxygen atoms in total. The fraction of sp³-hybridized carbons (Fsp3) is 0.346. The fourth-order valence-electron chi connectivity index (χ4n) is 5.31. The van der Waals surface area contributed by atoms with Crippen LogP contribution in [0.4, 0.5) is 0 Å². The van der Waals surface area contributed by atoms with E-state index in [0.717, 1.165) is 59.6 Å². The number of fused-ring (bicyclic) bond motifs is 1. The highest BCUT2D eigenvalue weighted by atomic mass is 35.5. The van der Waals surface area contributed by atoms with E-state index in [1.807, 2.05) is 48.5 Å². The van der Waals surface area contributed by atoms with Gasteiger partial charge in [0, 0.05) is 40.4 Å². The predicted molar refractivity (Wildman–Crippen MR) is 128 cm³/mol. The van der Waals surface area contributed by atoms with Gasteiger partial charge in [-0.2, -0.15) is 0 Å². The van der Waals surface area contributed by atoms with Gasteiger partial charge in [-0.05, 0) is 67.3 Å². The molecule has 0 saturated heterocycles. The van der Waals surface area contributed by atoms with Gasteiger partial charge in [0.2, 0.25) is 0 Å². The Hall–Kier alpha value is -2.23. The molecule has 0 radical (unpaired) electrons. The standard InChI is InChI=1S/C26H26Cl2N2O/c1-17-24-23(15-16-29(26(24)31)21-5-3-2-4-6-21)30(22-13-11-20(28)12-14-22)25(17)18-7-9-19(27)10-8-18/h7-14,21H,2-6,15-16H2,1H3. The lowest BCUT2D eigenvalue weighted by Gasteiger charge is -2.37. The van der Waals surface area contributed by atoms with E-state index in [1.165, 1.54) is 19.3 Å². The summed E-state index contributed by atoms with van der Waals surface area (Å²) in [7, 11) is 0. The van der Waals surface area contributed by atoms with E-state index < -0.39 is 0 Å². The third-order valence-electron chi connectivity index (χ3n) is 6.79. The number of aromatic nitrogens is 1. The van der Waals surface area contributed by atoms with Crippen molar-refractivity contribution in [3.05, 3.63) is 75.4 Å². The summed E-state index contributed by atoms with van der Waals surface area (Å²) in [5.41, 5.74) is 6.15. The molecule has 160 valence electrons. The average Bonchev–Trinajstić information content (AvgIpc) is 3.09. The largest absolute Gasteiger partial charge is 0.335 e. The highest BCUT2D eigenvalue weighted by Gasteiger charge is 2.36. The third kappa shape index (κ3) is 3.68. The number of hydrogen-bond donors (Lipinski definition) is 0. The van der Waals surface area contributed by atoms with Crippen LogP contribution in [-0.2, 0) is 6.42 Å². The Kier molecular flexibility index (Phi) is 5.58. The Bertz CT molecular complexity index is 1110. The predicted octanol–water partition coefficient (Wildman–Crippen LogP) is 7.09. The number of nitrogens with zero attached hydrogens (tertiary/aromatic N) is 2. The second kappa shape index (κ2) is 8.37. The van der Waals surface area contributed by atoms with Crippen molar-refractivity contribution >= 4 is 29.1 Å². The van der Waals surface area contributed by atoms with Crippen LogP contribution in [0.15, 0.2) is 48.5 Å². The molecule has 3 aromatic rings. The van der Waals surface area contributed by atoms with Crippen molar-refractivity contribution in [2.75, 3.05) is 6.54 Å². The number of benzene rings is 2. The van der Waals surface area contributed by atoms with Gasteiger partial charge in [0.1, 0.15) is 0 Å². The first-order chi connectivity index (χ1) is 15.0. The second-order valence-electron chi connectivity index (χ2n) is 8.65. The first-order valence-corrected chi connectivity index (χ1v) is 11.9. The Morgan fingerprint density at radius 3 is 2.13 bits per heavy atom. The number of carbonyl (C=O) groups is 1. The minimum absolute atomic E-state index is 0.188. The lowest BCUT2D eigenvalue weighted by atomic mass is 9.91. The van der Waals surface area contributed by atoms with Gasteiger partial charge in [0.15, 0.2) is 0 Å². The zero-order valence-corrected chi connectivity index (χ0v) is 19.2. The molecule has 0 N–H and O–H groups in total. The smallest absolute Gasteiger partial charge is 0.256 e. The van der Waals surface area contributed by atoms with Crippen LogP contribution in [0.3, 0.4) is 0 Å². The SMILES string of the molecule is Cc1c2c(n(-c3ccc(Cl)cc3)c1-c1ccc(Cl)cc1)CCN(C1CCCCC1)C2=O. The highest BCUT2D eigenvalue weighted by molar-refractivity contribution is 6.30.